The molecule has 2 amide bonds. The van der Waals surface area contributed by atoms with Gasteiger partial charge in [0.25, 0.3) is 11.5 Å². The SMILES string of the molecule is CCCN(C(=O)COC(=O)C1CC(=O)N(C(C)C)C1)c1c(N)n(Cc2ccccc2)c(=O)[nH]c1=O. The van der Waals surface area contributed by atoms with Crippen LogP contribution in [0.15, 0.2) is 39.9 Å². The quantitative estimate of drug-likeness (QED) is 0.497. The number of esters is 1. The normalized spacial score (nSPS) is 15.5. The van der Waals surface area contributed by atoms with Gasteiger partial charge in [-0.25, -0.2) is 4.79 Å². The molecule has 2 heterocycles. The Morgan fingerprint density at radius 2 is 1.89 bits per heavy atom. The topological polar surface area (TPSA) is 148 Å². The van der Waals surface area contributed by atoms with Crippen LogP contribution in [0.1, 0.15) is 39.2 Å². The molecule has 1 aromatic heterocycles. The van der Waals surface area contributed by atoms with Crippen LogP contribution in [0.25, 0.3) is 0 Å². The first kappa shape index (κ1) is 25.7. The van der Waals surface area contributed by atoms with E-state index in [9.17, 15) is 24.0 Å². The summed E-state index contributed by atoms with van der Waals surface area (Å²) < 4.78 is 6.39. The molecule has 0 radical (unpaired) electrons. The monoisotopic (exact) mass is 485 g/mol. The van der Waals surface area contributed by atoms with Gasteiger partial charge in [0.2, 0.25) is 5.91 Å². The lowest BCUT2D eigenvalue weighted by atomic mass is 10.1. The second-order valence-electron chi connectivity index (χ2n) is 8.76. The Balaban J connectivity index is 1.80. The number of H-pyrrole nitrogens is 1. The van der Waals surface area contributed by atoms with Gasteiger partial charge in [-0.15, -0.1) is 0 Å². The van der Waals surface area contributed by atoms with E-state index in [4.69, 9.17) is 10.5 Å². The number of nitrogens with one attached hydrogen (secondary N) is 1. The Labute approximate surface area is 202 Å². The number of nitrogen functional groups attached to an aromatic ring is 1. The van der Waals surface area contributed by atoms with E-state index in [0.29, 0.717) is 6.42 Å². The highest BCUT2D eigenvalue weighted by Gasteiger charge is 2.37. The summed E-state index contributed by atoms with van der Waals surface area (Å²) in [5.41, 5.74) is 5.31. The third-order valence-electron chi connectivity index (χ3n) is 5.87. The second kappa shape index (κ2) is 11.0. The van der Waals surface area contributed by atoms with Gasteiger partial charge in [0.05, 0.1) is 12.5 Å². The first-order chi connectivity index (χ1) is 16.6. The van der Waals surface area contributed by atoms with Crippen LogP contribution in [0.4, 0.5) is 11.5 Å². The van der Waals surface area contributed by atoms with Gasteiger partial charge in [0.15, 0.2) is 12.3 Å². The molecule has 3 N–H and O–H groups in total. The molecule has 1 saturated heterocycles. The highest BCUT2D eigenvalue weighted by atomic mass is 16.5. The molecular formula is C24H31N5O6. The van der Waals surface area contributed by atoms with Crippen LogP contribution in [0.2, 0.25) is 0 Å². The summed E-state index contributed by atoms with van der Waals surface area (Å²) in [7, 11) is 0. The summed E-state index contributed by atoms with van der Waals surface area (Å²) in [4.78, 5) is 67.7. The number of aromatic nitrogens is 2. The first-order valence-corrected chi connectivity index (χ1v) is 11.6. The summed E-state index contributed by atoms with van der Waals surface area (Å²) in [6, 6.07) is 9.02. The zero-order valence-corrected chi connectivity index (χ0v) is 20.2. The van der Waals surface area contributed by atoms with Crippen molar-refractivity contribution in [3.05, 3.63) is 56.7 Å². The number of hydrogen-bond acceptors (Lipinski definition) is 7. The fourth-order valence-corrected chi connectivity index (χ4v) is 4.06. The van der Waals surface area contributed by atoms with Gasteiger partial charge in [-0.05, 0) is 25.8 Å². The largest absolute Gasteiger partial charge is 0.455 e. The van der Waals surface area contributed by atoms with E-state index in [1.54, 1.807) is 24.0 Å². The lowest BCUT2D eigenvalue weighted by Gasteiger charge is -2.24. The van der Waals surface area contributed by atoms with Crippen LogP contribution in [0.5, 0.6) is 0 Å². The number of likely N-dealkylation sites (tertiary alicyclic amines) is 1. The number of ether oxygens (including phenoxy) is 1. The van der Waals surface area contributed by atoms with E-state index in [0.717, 1.165) is 10.5 Å². The maximum absolute atomic E-state index is 13.0. The van der Waals surface area contributed by atoms with Gasteiger partial charge in [-0.1, -0.05) is 37.3 Å². The molecule has 1 aromatic carbocycles. The third-order valence-corrected chi connectivity index (χ3v) is 5.87. The van der Waals surface area contributed by atoms with Crippen LogP contribution in [-0.4, -0.2) is 58.0 Å². The highest BCUT2D eigenvalue weighted by Crippen LogP contribution is 2.22. The van der Waals surface area contributed by atoms with E-state index in [-0.39, 0.29) is 49.5 Å². The van der Waals surface area contributed by atoms with Crippen molar-refractivity contribution >= 4 is 29.3 Å². The van der Waals surface area contributed by atoms with E-state index in [1.165, 1.54) is 4.57 Å². The smallest absolute Gasteiger partial charge is 0.330 e. The van der Waals surface area contributed by atoms with Gasteiger partial charge in [-0.2, -0.15) is 0 Å². The molecule has 1 fully saturated rings. The molecule has 1 unspecified atom stereocenters. The minimum atomic E-state index is -0.807. The zero-order chi connectivity index (χ0) is 25.7. The summed E-state index contributed by atoms with van der Waals surface area (Å²) in [6.45, 7) is 5.35. The fraction of sp³-hybridized carbons (Fsp3) is 0.458. The first-order valence-electron chi connectivity index (χ1n) is 11.6. The van der Waals surface area contributed by atoms with Crippen molar-refractivity contribution in [2.45, 2.75) is 46.2 Å². The van der Waals surface area contributed by atoms with Crippen LogP contribution in [0.3, 0.4) is 0 Å². The standard InChI is InChI=1S/C24H31N5O6/c1-4-10-27(19(31)14-35-23(33)17-11-18(30)28(13-17)15(2)3)20-21(25)29(24(34)26-22(20)32)12-16-8-6-5-7-9-16/h5-9,15,17H,4,10-14,25H2,1-3H3,(H,26,32,34). The molecule has 0 spiro atoms. The van der Waals surface area contributed by atoms with E-state index < -0.39 is 35.7 Å². The third kappa shape index (κ3) is 5.79. The van der Waals surface area contributed by atoms with Crippen molar-refractivity contribution in [3.8, 4) is 0 Å². The highest BCUT2D eigenvalue weighted by molar-refractivity contribution is 5.97. The van der Waals surface area contributed by atoms with E-state index in [2.05, 4.69) is 4.98 Å². The van der Waals surface area contributed by atoms with Gasteiger partial charge in [-0.3, -0.25) is 28.7 Å². The Hall–Kier alpha value is -3.89. The molecule has 3 rings (SSSR count). The number of amides is 2. The lowest BCUT2D eigenvalue weighted by Crippen LogP contribution is -2.43. The van der Waals surface area contributed by atoms with Crippen molar-refractivity contribution in [2.24, 2.45) is 5.92 Å². The molecule has 1 aliphatic heterocycles. The zero-order valence-electron chi connectivity index (χ0n) is 20.2. The minimum Gasteiger partial charge on any atom is -0.455 e. The number of carbonyl (C=O) groups excluding carboxylic acids is 3. The van der Waals surface area contributed by atoms with Crippen molar-refractivity contribution in [1.29, 1.82) is 0 Å². The number of nitrogens with two attached hydrogens (primary N) is 1. The summed E-state index contributed by atoms with van der Waals surface area (Å²) in [5.74, 6) is -2.27. The van der Waals surface area contributed by atoms with Crippen molar-refractivity contribution in [3.63, 3.8) is 0 Å². The molecule has 11 heteroatoms. The van der Waals surface area contributed by atoms with E-state index >= 15 is 0 Å². The van der Waals surface area contributed by atoms with Crippen LogP contribution in [0, 0.1) is 5.92 Å². The summed E-state index contributed by atoms with van der Waals surface area (Å²) >= 11 is 0. The minimum absolute atomic E-state index is 0.0287. The molecule has 0 aliphatic carbocycles. The van der Waals surface area contributed by atoms with Gasteiger partial charge in [0.1, 0.15) is 5.82 Å². The molecule has 0 saturated carbocycles. The molecule has 188 valence electrons. The van der Waals surface area contributed by atoms with Crippen molar-refractivity contribution in [1.82, 2.24) is 14.5 Å². The van der Waals surface area contributed by atoms with Gasteiger partial charge >= 0.3 is 11.7 Å². The number of hydrogen-bond donors (Lipinski definition) is 2. The van der Waals surface area contributed by atoms with Crippen LogP contribution in [-0.2, 0) is 25.7 Å². The van der Waals surface area contributed by atoms with Crippen LogP contribution >= 0.6 is 0 Å². The fourth-order valence-electron chi connectivity index (χ4n) is 4.06. The number of rotatable bonds is 9. The molecule has 1 atom stereocenters. The summed E-state index contributed by atoms with van der Waals surface area (Å²) in [6.07, 6.45) is 0.512. The second-order valence-corrected chi connectivity index (χ2v) is 8.76. The Morgan fingerprint density at radius 1 is 1.20 bits per heavy atom. The molecular weight excluding hydrogens is 454 g/mol. The molecule has 35 heavy (non-hydrogen) atoms. The maximum Gasteiger partial charge on any atom is 0.330 e. The Morgan fingerprint density at radius 3 is 2.49 bits per heavy atom. The Kier molecular flexibility index (Phi) is 8.10. The average Bonchev–Trinajstić information content (AvgIpc) is 3.22. The number of nitrogens with zero attached hydrogens (tertiary/aromatic N) is 3. The maximum atomic E-state index is 13.0. The molecule has 0 bridgehead atoms. The van der Waals surface area contributed by atoms with Crippen molar-refractivity contribution < 1.29 is 19.1 Å². The summed E-state index contributed by atoms with van der Waals surface area (Å²) in [5, 5.41) is 0. The average molecular weight is 486 g/mol. The van der Waals surface area contributed by atoms with Gasteiger partial charge < -0.3 is 20.3 Å². The van der Waals surface area contributed by atoms with Gasteiger partial charge in [0, 0.05) is 25.6 Å². The number of aromatic amines is 1. The van der Waals surface area contributed by atoms with Crippen molar-refractivity contribution in [2.75, 3.05) is 30.3 Å². The number of anilines is 2. The number of carbonyl (C=O) groups is 3. The lowest BCUT2D eigenvalue weighted by molar-refractivity contribution is -0.151. The van der Waals surface area contributed by atoms with Crippen LogP contribution < -0.4 is 21.9 Å². The predicted octanol–water partition coefficient (Wildman–Crippen LogP) is 0.710. The predicted molar refractivity (Wildman–Crippen MR) is 130 cm³/mol. The Bertz CT molecular complexity index is 1200. The van der Waals surface area contributed by atoms with E-state index in [1.807, 2.05) is 32.0 Å². The molecule has 2 aromatic rings. The molecule has 11 nitrogen and oxygen atoms in total. The number of benzene rings is 1. The molecule has 1 aliphatic rings.